The number of aromatic nitrogens is 3. The molecule has 1 spiro atoms. The molecule has 1 fully saturated rings. The van der Waals surface area contributed by atoms with Crippen LogP contribution < -0.4 is 5.32 Å². The van der Waals surface area contributed by atoms with E-state index in [0.717, 1.165) is 41.7 Å². The van der Waals surface area contributed by atoms with E-state index < -0.39 is 0 Å². The quantitative estimate of drug-likeness (QED) is 0.649. The third-order valence-corrected chi connectivity index (χ3v) is 6.21. The predicted molar refractivity (Wildman–Crippen MR) is 118 cm³/mol. The minimum Gasteiger partial charge on any atom is -0.389 e. The van der Waals surface area contributed by atoms with E-state index in [1.807, 2.05) is 19.1 Å². The van der Waals surface area contributed by atoms with Crippen molar-refractivity contribution in [1.82, 2.24) is 20.5 Å². The molecule has 1 amide bonds. The van der Waals surface area contributed by atoms with Gasteiger partial charge in [-0.3, -0.25) is 9.89 Å². The van der Waals surface area contributed by atoms with Crippen LogP contribution in [0.5, 0.6) is 0 Å². The summed E-state index contributed by atoms with van der Waals surface area (Å²) in [6, 6.07) is 13.9. The van der Waals surface area contributed by atoms with Crippen molar-refractivity contribution in [3.63, 3.8) is 0 Å². The molecule has 7 heteroatoms. The molecule has 0 radical (unpaired) electrons. The van der Waals surface area contributed by atoms with Crippen molar-refractivity contribution >= 4 is 11.6 Å². The summed E-state index contributed by atoms with van der Waals surface area (Å²) in [6.45, 7) is 3.94. The smallest absolute Gasteiger partial charge is 0.251 e. The van der Waals surface area contributed by atoms with Crippen molar-refractivity contribution in [2.45, 2.75) is 51.2 Å². The highest BCUT2D eigenvalue weighted by Gasteiger charge is 2.45. The lowest BCUT2D eigenvalue weighted by molar-refractivity contribution is -0.0755. The molecular formula is C24H25N5O2. The van der Waals surface area contributed by atoms with Crippen LogP contribution >= 0.6 is 0 Å². The second kappa shape index (κ2) is 7.65. The zero-order valence-corrected chi connectivity index (χ0v) is 17.7. The third kappa shape index (κ3) is 3.83. The molecule has 0 unspecified atom stereocenters. The number of nitrogens with one attached hydrogen (secondary N) is 2. The van der Waals surface area contributed by atoms with Gasteiger partial charge in [0.05, 0.1) is 11.8 Å². The SMILES string of the molecule is Cc1ccc(-c2cc(C(=O)N[C@H](C)c3ncn[nH]3)cc(C3=NOC4(CCC4)C3)c2)cc1. The summed E-state index contributed by atoms with van der Waals surface area (Å²) in [4.78, 5) is 23.0. The summed E-state index contributed by atoms with van der Waals surface area (Å²) in [5, 5.41) is 14.1. The molecule has 31 heavy (non-hydrogen) atoms. The molecular weight excluding hydrogens is 390 g/mol. The van der Waals surface area contributed by atoms with Gasteiger partial charge in [-0.2, -0.15) is 5.10 Å². The Morgan fingerprint density at radius 2 is 1.90 bits per heavy atom. The van der Waals surface area contributed by atoms with Crippen LogP contribution in [0.3, 0.4) is 0 Å². The summed E-state index contributed by atoms with van der Waals surface area (Å²) in [6.07, 6.45) is 5.49. The topological polar surface area (TPSA) is 92.3 Å². The Bertz CT molecular complexity index is 1130. The molecule has 7 nitrogen and oxygen atoms in total. The lowest BCUT2D eigenvalue weighted by Gasteiger charge is -2.34. The number of amides is 1. The Balaban J connectivity index is 1.48. The van der Waals surface area contributed by atoms with Crippen LogP contribution in [0.2, 0.25) is 0 Å². The monoisotopic (exact) mass is 415 g/mol. The van der Waals surface area contributed by atoms with Gasteiger partial charge in [0.2, 0.25) is 0 Å². The summed E-state index contributed by atoms with van der Waals surface area (Å²) in [5.41, 5.74) is 5.52. The molecule has 3 aromatic rings. The van der Waals surface area contributed by atoms with Gasteiger partial charge < -0.3 is 10.2 Å². The maximum absolute atomic E-state index is 13.1. The molecule has 1 aliphatic heterocycles. The molecule has 2 aromatic carbocycles. The number of H-pyrrole nitrogens is 1. The molecule has 2 heterocycles. The lowest BCUT2D eigenvalue weighted by Crippen LogP contribution is -2.36. The van der Waals surface area contributed by atoms with Gasteiger partial charge in [-0.25, -0.2) is 4.98 Å². The highest BCUT2D eigenvalue weighted by molar-refractivity contribution is 6.05. The van der Waals surface area contributed by atoms with Crippen molar-refractivity contribution in [3.05, 3.63) is 71.3 Å². The first-order chi connectivity index (χ1) is 15.0. The molecule has 1 atom stereocenters. The number of oxime groups is 1. The van der Waals surface area contributed by atoms with Crippen LogP contribution in [0.1, 0.15) is 66.0 Å². The number of carbonyl (C=O) groups is 1. The number of carbonyl (C=O) groups excluding carboxylic acids is 1. The highest BCUT2D eigenvalue weighted by Crippen LogP contribution is 2.43. The van der Waals surface area contributed by atoms with Crippen molar-refractivity contribution in [3.8, 4) is 11.1 Å². The largest absolute Gasteiger partial charge is 0.389 e. The fraction of sp³-hybridized carbons (Fsp3) is 0.333. The van der Waals surface area contributed by atoms with Gasteiger partial charge in [-0.15, -0.1) is 0 Å². The molecule has 1 aliphatic carbocycles. The molecule has 1 saturated carbocycles. The summed E-state index contributed by atoms with van der Waals surface area (Å²) in [7, 11) is 0. The molecule has 0 saturated heterocycles. The van der Waals surface area contributed by atoms with E-state index in [9.17, 15) is 4.79 Å². The van der Waals surface area contributed by atoms with Crippen LogP contribution in [-0.2, 0) is 4.84 Å². The van der Waals surface area contributed by atoms with E-state index >= 15 is 0 Å². The Morgan fingerprint density at radius 1 is 1.13 bits per heavy atom. The summed E-state index contributed by atoms with van der Waals surface area (Å²) >= 11 is 0. The predicted octanol–water partition coefficient (Wildman–Crippen LogP) is 4.32. The van der Waals surface area contributed by atoms with Gasteiger partial charge in [-0.1, -0.05) is 35.0 Å². The molecule has 1 aromatic heterocycles. The zero-order chi connectivity index (χ0) is 21.4. The van der Waals surface area contributed by atoms with Crippen molar-refractivity contribution in [2.24, 2.45) is 5.16 Å². The van der Waals surface area contributed by atoms with Crippen LogP contribution in [0, 0.1) is 6.92 Å². The second-order valence-electron chi connectivity index (χ2n) is 8.57. The van der Waals surface area contributed by atoms with Crippen LogP contribution in [0.25, 0.3) is 11.1 Å². The van der Waals surface area contributed by atoms with Crippen molar-refractivity contribution in [2.75, 3.05) is 0 Å². The van der Waals surface area contributed by atoms with Gasteiger partial charge >= 0.3 is 0 Å². The minimum atomic E-state index is -0.285. The number of aryl methyl sites for hydroxylation is 1. The van der Waals surface area contributed by atoms with Crippen LogP contribution in [0.4, 0.5) is 0 Å². The van der Waals surface area contributed by atoms with Crippen molar-refractivity contribution < 1.29 is 9.63 Å². The Kier molecular flexibility index (Phi) is 4.81. The van der Waals surface area contributed by atoms with Crippen LogP contribution in [0.15, 0.2) is 53.9 Å². The average molecular weight is 415 g/mol. The van der Waals surface area contributed by atoms with Gasteiger partial charge in [0.1, 0.15) is 17.8 Å². The minimum absolute atomic E-state index is 0.127. The fourth-order valence-electron chi connectivity index (χ4n) is 4.13. The first-order valence-corrected chi connectivity index (χ1v) is 10.7. The van der Waals surface area contributed by atoms with Gasteiger partial charge in [-0.05, 0) is 62.4 Å². The number of benzene rings is 2. The maximum Gasteiger partial charge on any atom is 0.251 e. The van der Waals surface area contributed by atoms with E-state index in [0.29, 0.717) is 11.4 Å². The van der Waals surface area contributed by atoms with Gasteiger partial charge in [0.15, 0.2) is 0 Å². The number of hydrogen-bond acceptors (Lipinski definition) is 5. The molecule has 158 valence electrons. The van der Waals surface area contributed by atoms with Gasteiger partial charge in [0.25, 0.3) is 5.91 Å². The first kappa shape index (κ1) is 19.5. The van der Waals surface area contributed by atoms with E-state index in [-0.39, 0.29) is 17.6 Å². The van der Waals surface area contributed by atoms with E-state index in [4.69, 9.17) is 4.84 Å². The normalized spacial score (nSPS) is 17.5. The standard InChI is InChI=1S/C24H25N5O2/c1-15-4-6-17(7-5-15)18-10-19(21-13-24(31-29-21)8-3-9-24)12-20(11-18)23(30)27-16(2)22-25-14-26-28-22/h4-7,10-12,14,16H,3,8-9,13H2,1-2H3,(H,27,30)(H,25,26,28)/t16-/m1/s1. The Hall–Kier alpha value is -3.48. The Labute approximate surface area is 180 Å². The number of hydrogen-bond donors (Lipinski definition) is 2. The number of rotatable bonds is 5. The Morgan fingerprint density at radius 3 is 2.55 bits per heavy atom. The maximum atomic E-state index is 13.1. The highest BCUT2D eigenvalue weighted by atomic mass is 16.7. The zero-order valence-electron chi connectivity index (χ0n) is 17.7. The fourth-order valence-corrected chi connectivity index (χ4v) is 4.13. The van der Waals surface area contributed by atoms with Crippen molar-refractivity contribution in [1.29, 1.82) is 0 Å². The van der Waals surface area contributed by atoms with Gasteiger partial charge in [0, 0.05) is 17.5 Å². The van der Waals surface area contributed by atoms with E-state index in [1.165, 1.54) is 18.3 Å². The molecule has 2 aliphatic rings. The number of aromatic amines is 1. The molecule has 0 bridgehead atoms. The van der Waals surface area contributed by atoms with E-state index in [1.54, 1.807) is 0 Å². The average Bonchev–Trinajstić information content (AvgIpc) is 3.44. The first-order valence-electron chi connectivity index (χ1n) is 10.7. The van der Waals surface area contributed by atoms with Crippen LogP contribution in [-0.4, -0.2) is 32.4 Å². The third-order valence-electron chi connectivity index (χ3n) is 6.21. The summed E-state index contributed by atoms with van der Waals surface area (Å²) in [5.74, 6) is 0.445. The van der Waals surface area contributed by atoms with E-state index in [2.05, 4.69) is 62.9 Å². The summed E-state index contributed by atoms with van der Waals surface area (Å²) < 4.78 is 0. The second-order valence-corrected chi connectivity index (χ2v) is 8.57. The number of nitrogens with zero attached hydrogens (tertiary/aromatic N) is 3. The lowest BCUT2D eigenvalue weighted by atomic mass is 9.76. The molecule has 2 N–H and O–H groups in total. The molecule has 5 rings (SSSR count).